The van der Waals surface area contributed by atoms with E-state index in [4.69, 9.17) is 4.74 Å². The second kappa shape index (κ2) is 6.70. The van der Waals surface area contributed by atoms with E-state index in [1.807, 2.05) is 48.5 Å². The van der Waals surface area contributed by atoms with E-state index in [-0.39, 0.29) is 5.91 Å². The molecule has 0 atom stereocenters. The van der Waals surface area contributed by atoms with Crippen molar-refractivity contribution in [2.75, 3.05) is 19.1 Å². The summed E-state index contributed by atoms with van der Waals surface area (Å²) < 4.78 is 5.11. The Bertz CT molecular complexity index is 631. The molecule has 1 amide bonds. The van der Waals surface area contributed by atoms with Gasteiger partial charge in [-0.3, -0.25) is 9.79 Å². The van der Waals surface area contributed by atoms with E-state index in [0.717, 1.165) is 22.7 Å². The molecule has 0 aliphatic heterocycles. The second-order valence-corrected chi connectivity index (χ2v) is 4.63. The van der Waals surface area contributed by atoms with Gasteiger partial charge in [-0.05, 0) is 54.1 Å². The van der Waals surface area contributed by atoms with Crippen LogP contribution in [0, 0.1) is 0 Å². The molecule has 21 heavy (non-hydrogen) atoms. The molecule has 0 unspecified atom stereocenters. The first-order valence-corrected chi connectivity index (χ1v) is 6.62. The van der Waals surface area contributed by atoms with E-state index in [2.05, 4.69) is 4.99 Å². The summed E-state index contributed by atoms with van der Waals surface area (Å²) in [6.07, 6.45) is 1.79. The molecule has 2 aromatic carbocycles. The zero-order valence-corrected chi connectivity index (χ0v) is 12.4. The fraction of sp³-hybridized carbons (Fsp3) is 0.176. The van der Waals surface area contributed by atoms with E-state index in [9.17, 15) is 4.79 Å². The van der Waals surface area contributed by atoms with Crippen molar-refractivity contribution in [3.8, 4) is 5.75 Å². The minimum Gasteiger partial charge on any atom is -0.497 e. The molecule has 0 bridgehead atoms. The number of benzene rings is 2. The number of carbonyl (C=O) groups excluding carboxylic acids is 1. The minimum atomic E-state index is 0.00415. The molecule has 0 aromatic heterocycles. The van der Waals surface area contributed by atoms with Gasteiger partial charge in [-0.1, -0.05) is 0 Å². The number of anilines is 1. The molecular weight excluding hydrogens is 264 g/mol. The van der Waals surface area contributed by atoms with Gasteiger partial charge in [0.2, 0.25) is 5.91 Å². The van der Waals surface area contributed by atoms with Crippen molar-refractivity contribution in [1.82, 2.24) is 0 Å². The van der Waals surface area contributed by atoms with E-state index in [0.29, 0.717) is 0 Å². The van der Waals surface area contributed by atoms with Crippen LogP contribution >= 0.6 is 0 Å². The molecule has 0 saturated carbocycles. The van der Waals surface area contributed by atoms with Crippen molar-refractivity contribution in [3.63, 3.8) is 0 Å². The fourth-order valence-corrected chi connectivity index (χ4v) is 1.78. The standard InChI is InChI=1S/C17H18N2O2/c1-13(20)19(2)16-8-6-15(7-9-16)18-12-14-4-10-17(21-3)11-5-14/h4-12H,1-3H3. The molecule has 4 heteroatoms. The number of aliphatic imine (C=N–C) groups is 1. The summed E-state index contributed by atoms with van der Waals surface area (Å²) in [4.78, 5) is 17.3. The summed E-state index contributed by atoms with van der Waals surface area (Å²) in [5.74, 6) is 0.827. The molecule has 2 aromatic rings. The Balaban J connectivity index is 2.08. The van der Waals surface area contributed by atoms with Crippen LogP contribution < -0.4 is 9.64 Å². The first kappa shape index (κ1) is 14.8. The van der Waals surface area contributed by atoms with Crippen molar-refractivity contribution in [2.24, 2.45) is 4.99 Å². The van der Waals surface area contributed by atoms with Gasteiger partial charge in [0.1, 0.15) is 5.75 Å². The molecular formula is C17H18N2O2. The number of methoxy groups -OCH3 is 1. The normalized spacial score (nSPS) is 10.6. The van der Waals surface area contributed by atoms with Crippen LogP contribution in [-0.4, -0.2) is 26.3 Å². The fourth-order valence-electron chi connectivity index (χ4n) is 1.78. The molecule has 4 nitrogen and oxygen atoms in total. The maximum Gasteiger partial charge on any atom is 0.223 e. The predicted molar refractivity (Wildman–Crippen MR) is 85.8 cm³/mol. The summed E-state index contributed by atoms with van der Waals surface area (Å²) in [6, 6.07) is 15.2. The predicted octanol–water partition coefficient (Wildman–Crippen LogP) is 3.43. The first-order valence-electron chi connectivity index (χ1n) is 6.62. The van der Waals surface area contributed by atoms with Gasteiger partial charge in [0.15, 0.2) is 0 Å². The smallest absolute Gasteiger partial charge is 0.223 e. The van der Waals surface area contributed by atoms with Crippen molar-refractivity contribution >= 4 is 23.5 Å². The third-order valence-electron chi connectivity index (χ3n) is 3.19. The van der Waals surface area contributed by atoms with Gasteiger partial charge >= 0.3 is 0 Å². The highest BCUT2D eigenvalue weighted by atomic mass is 16.5. The molecule has 0 N–H and O–H groups in total. The van der Waals surface area contributed by atoms with E-state index >= 15 is 0 Å². The third kappa shape index (κ3) is 3.92. The Kier molecular flexibility index (Phi) is 4.72. The molecule has 0 aliphatic rings. The summed E-state index contributed by atoms with van der Waals surface area (Å²) >= 11 is 0. The number of amides is 1. The second-order valence-electron chi connectivity index (χ2n) is 4.63. The summed E-state index contributed by atoms with van der Waals surface area (Å²) in [7, 11) is 3.39. The van der Waals surface area contributed by atoms with Crippen molar-refractivity contribution in [2.45, 2.75) is 6.92 Å². The number of rotatable bonds is 4. The zero-order valence-electron chi connectivity index (χ0n) is 12.4. The van der Waals surface area contributed by atoms with E-state index in [1.165, 1.54) is 6.92 Å². The first-order chi connectivity index (χ1) is 10.1. The maximum atomic E-state index is 11.3. The quantitative estimate of drug-likeness (QED) is 0.806. The largest absolute Gasteiger partial charge is 0.497 e. The SMILES string of the molecule is COc1ccc(C=Nc2ccc(N(C)C(C)=O)cc2)cc1. The molecule has 108 valence electrons. The Morgan fingerprint density at radius 2 is 1.71 bits per heavy atom. The Morgan fingerprint density at radius 1 is 1.10 bits per heavy atom. The van der Waals surface area contributed by atoms with Crippen LogP contribution in [0.5, 0.6) is 5.75 Å². The number of hydrogen-bond donors (Lipinski definition) is 0. The maximum absolute atomic E-state index is 11.3. The minimum absolute atomic E-state index is 0.00415. The lowest BCUT2D eigenvalue weighted by Crippen LogP contribution is -2.22. The summed E-state index contributed by atoms with van der Waals surface area (Å²) in [5.41, 5.74) is 2.69. The van der Waals surface area contributed by atoms with E-state index in [1.54, 1.807) is 25.3 Å². The van der Waals surface area contributed by atoms with Crippen molar-refractivity contribution in [3.05, 3.63) is 54.1 Å². The van der Waals surface area contributed by atoms with Crippen LogP contribution in [0.3, 0.4) is 0 Å². The van der Waals surface area contributed by atoms with Gasteiger partial charge in [0.05, 0.1) is 12.8 Å². The summed E-state index contributed by atoms with van der Waals surface area (Å²) in [6.45, 7) is 1.54. The lowest BCUT2D eigenvalue weighted by Gasteiger charge is -2.14. The topological polar surface area (TPSA) is 41.9 Å². The number of hydrogen-bond acceptors (Lipinski definition) is 3. The van der Waals surface area contributed by atoms with Crippen LogP contribution in [0.4, 0.5) is 11.4 Å². The number of nitrogens with zero attached hydrogens (tertiary/aromatic N) is 2. The van der Waals surface area contributed by atoms with Crippen LogP contribution in [0.1, 0.15) is 12.5 Å². The zero-order chi connectivity index (χ0) is 15.2. The lowest BCUT2D eigenvalue weighted by molar-refractivity contribution is -0.116. The van der Waals surface area contributed by atoms with Crippen molar-refractivity contribution < 1.29 is 9.53 Å². The molecule has 0 radical (unpaired) electrons. The third-order valence-corrected chi connectivity index (χ3v) is 3.19. The molecule has 0 aliphatic carbocycles. The van der Waals surface area contributed by atoms with Crippen LogP contribution in [0.25, 0.3) is 0 Å². The number of ether oxygens (including phenoxy) is 1. The molecule has 0 saturated heterocycles. The molecule has 2 rings (SSSR count). The van der Waals surface area contributed by atoms with Gasteiger partial charge in [-0.25, -0.2) is 0 Å². The van der Waals surface area contributed by atoms with Crippen LogP contribution in [0.2, 0.25) is 0 Å². The van der Waals surface area contributed by atoms with Gasteiger partial charge < -0.3 is 9.64 Å². The monoisotopic (exact) mass is 282 g/mol. The van der Waals surface area contributed by atoms with Gasteiger partial charge in [-0.15, -0.1) is 0 Å². The van der Waals surface area contributed by atoms with Crippen LogP contribution in [0.15, 0.2) is 53.5 Å². The Morgan fingerprint density at radius 3 is 2.24 bits per heavy atom. The molecule has 0 spiro atoms. The average Bonchev–Trinajstić information content (AvgIpc) is 2.53. The highest BCUT2D eigenvalue weighted by Gasteiger charge is 2.04. The highest BCUT2D eigenvalue weighted by Crippen LogP contribution is 2.19. The lowest BCUT2D eigenvalue weighted by atomic mass is 10.2. The van der Waals surface area contributed by atoms with Crippen LogP contribution in [-0.2, 0) is 4.79 Å². The summed E-state index contributed by atoms with van der Waals surface area (Å²) in [5, 5.41) is 0. The average molecular weight is 282 g/mol. The van der Waals surface area contributed by atoms with Gasteiger partial charge in [0, 0.05) is 25.9 Å². The van der Waals surface area contributed by atoms with E-state index < -0.39 is 0 Å². The highest BCUT2D eigenvalue weighted by molar-refractivity contribution is 5.91. The van der Waals surface area contributed by atoms with Gasteiger partial charge in [-0.2, -0.15) is 0 Å². The molecule has 0 fully saturated rings. The van der Waals surface area contributed by atoms with Gasteiger partial charge in [0.25, 0.3) is 0 Å². The Labute approximate surface area is 124 Å². The van der Waals surface area contributed by atoms with Crippen molar-refractivity contribution in [1.29, 1.82) is 0 Å². The Hall–Kier alpha value is -2.62. The molecule has 0 heterocycles. The number of carbonyl (C=O) groups is 1.